The molecule has 0 fully saturated rings. The van der Waals surface area contributed by atoms with Crippen LogP contribution in [0.25, 0.3) is 0 Å². The Kier molecular flexibility index (Phi) is 3.64. The Morgan fingerprint density at radius 2 is 1.79 bits per heavy atom. The summed E-state index contributed by atoms with van der Waals surface area (Å²) in [7, 11) is 2.03. The summed E-state index contributed by atoms with van der Waals surface area (Å²) in [6.07, 6.45) is 0. The molecule has 0 spiro atoms. The third-order valence-electron chi connectivity index (χ3n) is 2.64. The summed E-state index contributed by atoms with van der Waals surface area (Å²) >= 11 is 5.15. The second-order valence-corrected chi connectivity index (χ2v) is 4.31. The molecule has 1 aromatic carbocycles. The Morgan fingerprint density at radius 3 is 2.21 bits per heavy atom. The van der Waals surface area contributed by atoms with Crippen LogP contribution in [0.2, 0.25) is 0 Å². The molecule has 0 amide bonds. The zero-order chi connectivity index (χ0) is 10.7. The molecule has 0 N–H and O–H groups in total. The largest absolute Gasteiger partial charge is 0.363 e. The lowest BCUT2D eigenvalue weighted by Gasteiger charge is -2.26. The molecule has 76 valence electrons. The topological polar surface area (TPSA) is 3.24 Å². The fourth-order valence-electron chi connectivity index (χ4n) is 1.34. The third-order valence-corrected chi connectivity index (χ3v) is 2.93. The van der Waals surface area contributed by atoms with Gasteiger partial charge in [0.25, 0.3) is 0 Å². The minimum absolute atomic E-state index is 0.355. The Bertz CT molecular complexity index is 316. The van der Waals surface area contributed by atoms with E-state index in [9.17, 15) is 0 Å². The van der Waals surface area contributed by atoms with Crippen molar-refractivity contribution < 1.29 is 0 Å². The van der Waals surface area contributed by atoms with Crippen LogP contribution in [-0.2, 0) is 0 Å². The van der Waals surface area contributed by atoms with Gasteiger partial charge in [0, 0.05) is 7.05 Å². The normalized spacial score (nSPS) is 12.3. The van der Waals surface area contributed by atoms with Gasteiger partial charge in [-0.25, -0.2) is 0 Å². The zero-order valence-electron chi connectivity index (χ0n) is 9.24. The quantitative estimate of drug-likeness (QED) is 0.684. The standard InChI is InChI=1S/C12H17NS/c1-9-5-7-12(8-6-9)10(2)13(4)11(3)14/h5-8,10H,1-4H3. The molecule has 1 unspecified atom stereocenters. The first kappa shape index (κ1) is 11.2. The lowest BCUT2D eigenvalue weighted by Crippen LogP contribution is -2.25. The van der Waals surface area contributed by atoms with Gasteiger partial charge in [-0.2, -0.15) is 0 Å². The Morgan fingerprint density at radius 1 is 1.29 bits per heavy atom. The van der Waals surface area contributed by atoms with Gasteiger partial charge in [-0.1, -0.05) is 42.0 Å². The minimum Gasteiger partial charge on any atom is -0.363 e. The predicted octanol–water partition coefficient (Wildman–Crippen LogP) is 3.34. The summed E-state index contributed by atoms with van der Waals surface area (Å²) in [5.74, 6) is 0. The monoisotopic (exact) mass is 207 g/mol. The third kappa shape index (κ3) is 2.55. The predicted molar refractivity (Wildman–Crippen MR) is 65.6 cm³/mol. The highest BCUT2D eigenvalue weighted by Gasteiger charge is 2.10. The summed E-state index contributed by atoms with van der Waals surface area (Å²) in [6.45, 7) is 6.23. The van der Waals surface area contributed by atoms with E-state index in [1.165, 1.54) is 11.1 Å². The van der Waals surface area contributed by atoms with E-state index in [4.69, 9.17) is 12.2 Å². The van der Waals surface area contributed by atoms with Crippen LogP contribution in [0, 0.1) is 6.92 Å². The highest BCUT2D eigenvalue weighted by atomic mass is 32.1. The fraction of sp³-hybridized carbons (Fsp3) is 0.417. The smallest absolute Gasteiger partial charge is 0.0750 e. The first-order chi connectivity index (χ1) is 6.52. The first-order valence-electron chi connectivity index (χ1n) is 4.82. The van der Waals surface area contributed by atoms with Gasteiger partial charge in [-0.3, -0.25) is 0 Å². The van der Waals surface area contributed by atoms with Crippen molar-refractivity contribution >= 4 is 17.2 Å². The molecule has 0 aliphatic carbocycles. The van der Waals surface area contributed by atoms with E-state index in [-0.39, 0.29) is 0 Å². The number of aryl methyl sites for hydroxylation is 1. The van der Waals surface area contributed by atoms with Crippen LogP contribution < -0.4 is 0 Å². The maximum atomic E-state index is 5.15. The number of thiocarbonyl (C=S) groups is 1. The van der Waals surface area contributed by atoms with Crippen molar-refractivity contribution in [2.24, 2.45) is 0 Å². The van der Waals surface area contributed by atoms with Crippen molar-refractivity contribution in [1.29, 1.82) is 0 Å². The Balaban J connectivity index is 2.84. The van der Waals surface area contributed by atoms with E-state index in [1.54, 1.807) is 0 Å². The lowest BCUT2D eigenvalue weighted by molar-refractivity contribution is 0.407. The van der Waals surface area contributed by atoms with Gasteiger partial charge in [0.2, 0.25) is 0 Å². The molecule has 1 rings (SSSR count). The van der Waals surface area contributed by atoms with Gasteiger partial charge in [0.15, 0.2) is 0 Å². The van der Waals surface area contributed by atoms with Gasteiger partial charge in [-0.05, 0) is 26.3 Å². The Hall–Kier alpha value is -0.890. The molecular formula is C12H17NS. The average molecular weight is 207 g/mol. The average Bonchev–Trinajstić information content (AvgIpc) is 2.16. The molecule has 2 heteroatoms. The molecule has 0 radical (unpaired) electrons. The van der Waals surface area contributed by atoms with Crippen LogP contribution in [0.4, 0.5) is 0 Å². The molecular weight excluding hydrogens is 190 g/mol. The zero-order valence-corrected chi connectivity index (χ0v) is 10.1. The van der Waals surface area contributed by atoms with E-state index in [1.807, 2.05) is 14.0 Å². The number of benzene rings is 1. The van der Waals surface area contributed by atoms with Gasteiger partial charge in [0.05, 0.1) is 11.0 Å². The molecule has 0 aromatic heterocycles. The van der Waals surface area contributed by atoms with Gasteiger partial charge in [0.1, 0.15) is 0 Å². The maximum absolute atomic E-state index is 5.15. The van der Waals surface area contributed by atoms with Crippen LogP contribution in [0.3, 0.4) is 0 Å². The highest BCUT2D eigenvalue weighted by Crippen LogP contribution is 2.19. The first-order valence-corrected chi connectivity index (χ1v) is 5.23. The lowest BCUT2D eigenvalue weighted by atomic mass is 10.1. The molecule has 1 aromatic rings. The molecule has 0 saturated carbocycles. The highest BCUT2D eigenvalue weighted by molar-refractivity contribution is 7.80. The van der Waals surface area contributed by atoms with Crippen molar-refractivity contribution in [3.63, 3.8) is 0 Å². The number of hydrogen-bond donors (Lipinski definition) is 0. The van der Waals surface area contributed by atoms with Crippen molar-refractivity contribution in [3.05, 3.63) is 35.4 Å². The summed E-state index contributed by atoms with van der Waals surface area (Å²) < 4.78 is 0. The number of rotatable bonds is 2. The van der Waals surface area contributed by atoms with Crippen molar-refractivity contribution in [2.45, 2.75) is 26.8 Å². The molecule has 0 bridgehead atoms. The molecule has 0 aliphatic heterocycles. The van der Waals surface area contributed by atoms with E-state index < -0.39 is 0 Å². The molecule has 1 nitrogen and oxygen atoms in total. The summed E-state index contributed by atoms with van der Waals surface area (Å²) in [4.78, 5) is 3.04. The van der Waals surface area contributed by atoms with Crippen LogP contribution in [-0.4, -0.2) is 16.9 Å². The molecule has 1 atom stereocenters. The Labute approximate surface area is 91.7 Å². The number of hydrogen-bond acceptors (Lipinski definition) is 1. The molecule has 0 heterocycles. The van der Waals surface area contributed by atoms with Crippen LogP contribution in [0.15, 0.2) is 24.3 Å². The summed E-state index contributed by atoms with van der Waals surface area (Å²) in [5, 5.41) is 0. The van der Waals surface area contributed by atoms with Gasteiger partial charge >= 0.3 is 0 Å². The molecule has 14 heavy (non-hydrogen) atoms. The minimum atomic E-state index is 0.355. The number of nitrogens with zero attached hydrogens (tertiary/aromatic N) is 1. The summed E-state index contributed by atoms with van der Waals surface area (Å²) in [6, 6.07) is 8.95. The van der Waals surface area contributed by atoms with Crippen molar-refractivity contribution in [3.8, 4) is 0 Å². The van der Waals surface area contributed by atoms with E-state index in [0.717, 1.165) is 4.99 Å². The van der Waals surface area contributed by atoms with Crippen molar-refractivity contribution in [2.75, 3.05) is 7.05 Å². The van der Waals surface area contributed by atoms with Crippen LogP contribution in [0.5, 0.6) is 0 Å². The molecule has 0 aliphatic rings. The fourth-order valence-corrected chi connectivity index (χ4v) is 1.50. The SMILES string of the molecule is CC(=S)N(C)C(C)c1ccc(C)cc1. The summed E-state index contributed by atoms with van der Waals surface area (Å²) in [5.41, 5.74) is 2.60. The second-order valence-electron chi connectivity index (χ2n) is 3.72. The van der Waals surface area contributed by atoms with Crippen LogP contribution in [0.1, 0.15) is 31.0 Å². The second kappa shape index (κ2) is 4.56. The molecule has 0 saturated heterocycles. The van der Waals surface area contributed by atoms with Gasteiger partial charge in [-0.15, -0.1) is 0 Å². The van der Waals surface area contributed by atoms with E-state index in [2.05, 4.69) is 43.0 Å². The van der Waals surface area contributed by atoms with E-state index >= 15 is 0 Å². The maximum Gasteiger partial charge on any atom is 0.0750 e. The van der Waals surface area contributed by atoms with Crippen LogP contribution >= 0.6 is 12.2 Å². The van der Waals surface area contributed by atoms with Gasteiger partial charge < -0.3 is 4.90 Å². The van der Waals surface area contributed by atoms with Crippen molar-refractivity contribution in [1.82, 2.24) is 4.90 Å². The van der Waals surface area contributed by atoms with E-state index in [0.29, 0.717) is 6.04 Å².